The van der Waals surface area contributed by atoms with Crippen LogP contribution in [0, 0.1) is 0 Å². The van der Waals surface area contributed by atoms with Gasteiger partial charge in [0.1, 0.15) is 0 Å². The van der Waals surface area contributed by atoms with Crippen LogP contribution in [0.3, 0.4) is 0 Å². The Morgan fingerprint density at radius 2 is 2.27 bits per heavy atom. The number of nitrogens with zero attached hydrogens (tertiary/aromatic N) is 1. The molecule has 0 bridgehead atoms. The van der Waals surface area contributed by atoms with Crippen molar-refractivity contribution in [2.24, 2.45) is 0 Å². The van der Waals surface area contributed by atoms with Gasteiger partial charge in [-0.15, -0.1) is 0 Å². The molecule has 0 aliphatic rings. The Bertz CT molecular complexity index is 398. The summed E-state index contributed by atoms with van der Waals surface area (Å²) in [5, 5.41) is 1.61. The molecule has 0 atom stereocenters. The number of benzene rings is 1. The van der Waals surface area contributed by atoms with Crippen LogP contribution in [0.25, 0.3) is 10.1 Å². The zero-order chi connectivity index (χ0) is 7.84. The summed E-state index contributed by atoms with van der Waals surface area (Å²) < 4.78 is 6.20. The van der Waals surface area contributed by atoms with E-state index in [0.29, 0.717) is 5.15 Å². The summed E-state index contributed by atoms with van der Waals surface area (Å²) in [7, 11) is 0. The van der Waals surface area contributed by atoms with E-state index in [0.717, 1.165) is 14.6 Å². The van der Waals surface area contributed by atoms with Crippen molar-refractivity contribution >= 4 is 49.1 Å². The average Bonchev–Trinajstić information content (AvgIpc) is 2.35. The van der Waals surface area contributed by atoms with Gasteiger partial charge in [0, 0.05) is 9.86 Å². The fourth-order valence-electron chi connectivity index (χ4n) is 0.899. The van der Waals surface area contributed by atoms with E-state index in [9.17, 15) is 0 Å². The van der Waals surface area contributed by atoms with Gasteiger partial charge in [0.05, 0.1) is 4.70 Å². The Morgan fingerprint density at radius 3 is 3.00 bits per heavy atom. The molecule has 0 aliphatic heterocycles. The highest BCUT2D eigenvalue weighted by Gasteiger charge is 2.04. The quantitative estimate of drug-likeness (QED) is 0.692. The lowest BCUT2D eigenvalue weighted by molar-refractivity contribution is 1.60. The molecule has 0 N–H and O–H groups in total. The summed E-state index contributed by atoms with van der Waals surface area (Å²) in [5.41, 5.74) is 0. The van der Waals surface area contributed by atoms with Gasteiger partial charge in [-0.2, -0.15) is 4.37 Å². The van der Waals surface area contributed by atoms with Crippen LogP contribution in [-0.2, 0) is 0 Å². The summed E-state index contributed by atoms with van der Waals surface area (Å²) in [6.45, 7) is 0. The number of fused-ring (bicyclic) bond motifs is 1. The monoisotopic (exact) mass is 247 g/mol. The van der Waals surface area contributed by atoms with Gasteiger partial charge < -0.3 is 0 Å². The average molecular weight is 249 g/mol. The van der Waals surface area contributed by atoms with Gasteiger partial charge in [-0.25, -0.2) is 0 Å². The minimum absolute atomic E-state index is 0.589. The molecule has 56 valence electrons. The van der Waals surface area contributed by atoms with Gasteiger partial charge in [0.2, 0.25) is 0 Å². The number of halogens is 2. The van der Waals surface area contributed by atoms with E-state index < -0.39 is 0 Å². The van der Waals surface area contributed by atoms with E-state index >= 15 is 0 Å². The molecule has 0 saturated heterocycles. The summed E-state index contributed by atoms with van der Waals surface area (Å²) in [5.74, 6) is 0. The molecule has 2 rings (SSSR count). The van der Waals surface area contributed by atoms with E-state index in [2.05, 4.69) is 20.3 Å². The minimum Gasteiger partial charge on any atom is -0.180 e. The molecule has 0 amide bonds. The molecule has 0 aliphatic carbocycles. The molecule has 0 fully saturated rings. The first-order valence-electron chi connectivity index (χ1n) is 2.98. The first-order chi connectivity index (χ1) is 5.29. The van der Waals surface area contributed by atoms with Crippen molar-refractivity contribution in [1.29, 1.82) is 0 Å². The minimum atomic E-state index is 0.589. The molecule has 1 nitrogen and oxygen atoms in total. The zero-order valence-electron chi connectivity index (χ0n) is 5.34. The van der Waals surface area contributed by atoms with Crippen LogP contribution in [-0.4, -0.2) is 4.37 Å². The number of rotatable bonds is 0. The van der Waals surface area contributed by atoms with Crippen LogP contribution >= 0.6 is 39.1 Å². The maximum absolute atomic E-state index is 5.82. The normalized spacial score (nSPS) is 10.7. The second-order valence-corrected chi connectivity index (χ2v) is 4.08. The molecule has 0 radical (unpaired) electrons. The second kappa shape index (κ2) is 2.73. The van der Waals surface area contributed by atoms with Crippen LogP contribution in [0.4, 0.5) is 0 Å². The Kier molecular flexibility index (Phi) is 1.87. The van der Waals surface area contributed by atoms with Crippen molar-refractivity contribution in [2.45, 2.75) is 0 Å². The molecular formula is C7H3BrClNS. The van der Waals surface area contributed by atoms with Gasteiger partial charge in [0.15, 0.2) is 5.15 Å². The van der Waals surface area contributed by atoms with E-state index in [1.807, 2.05) is 18.2 Å². The van der Waals surface area contributed by atoms with Gasteiger partial charge >= 0.3 is 0 Å². The molecular weight excluding hydrogens is 246 g/mol. The van der Waals surface area contributed by atoms with Crippen molar-refractivity contribution < 1.29 is 0 Å². The van der Waals surface area contributed by atoms with Crippen LogP contribution in [0.15, 0.2) is 22.7 Å². The lowest BCUT2D eigenvalue weighted by atomic mass is 10.3. The third-order valence-electron chi connectivity index (χ3n) is 1.41. The predicted molar refractivity (Wildman–Crippen MR) is 52.3 cm³/mol. The molecule has 0 saturated carbocycles. The molecule has 2 aromatic rings. The summed E-state index contributed by atoms with van der Waals surface area (Å²) in [6.07, 6.45) is 0. The van der Waals surface area contributed by atoms with Crippen LogP contribution in [0.5, 0.6) is 0 Å². The van der Waals surface area contributed by atoms with E-state index in [1.165, 1.54) is 11.5 Å². The van der Waals surface area contributed by atoms with Gasteiger partial charge in [-0.3, -0.25) is 0 Å². The Labute approximate surface area is 81.3 Å². The molecule has 1 aromatic carbocycles. The van der Waals surface area contributed by atoms with E-state index in [-0.39, 0.29) is 0 Å². The molecule has 11 heavy (non-hydrogen) atoms. The maximum Gasteiger partial charge on any atom is 0.150 e. The lowest BCUT2D eigenvalue weighted by Gasteiger charge is -1.89. The molecule has 1 aromatic heterocycles. The highest BCUT2D eigenvalue weighted by atomic mass is 79.9. The fourth-order valence-corrected chi connectivity index (χ4v) is 2.49. The largest absolute Gasteiger partial charge is 0.180 e. The van der Waals surface area contributed by atoms with E-state index in [1.54, 1.807) is 0 Å². The highest BCUT2D eigenvalue weighted by molar-refractivity contribution is 9.10. The Balaban J connectivity index is 2.94. The predicted octanol–water partition coefficient (Wildman–Crippen LogP) is 3.71. The highest BCUT2D eigenvalue weighted by Crippen LogP contribution is 2.31. The van der Waals surface area contributed by atoms with Gasteiger partial charge in [-0.05, 0) is 33.5 Å². The van der Waals surface area contributed by atoms with Crippen LogP contribution in [0.2, 0.25) is 5.15 Å². The summed E-state index contributed by atoms with van der Waals surface area (Å²) >= 11 is 10.7. The summed E-state index contributed by atoms with van der Waals surface area (Å²) in [4.78, 5) is 0. The molecule has 0 spiro atoms. The first kappa shape index (κ1) is 7.53. The third kappa shape index (κ3) is 1.17. The topological polar surface area (TPSA) is 12.9 Å². The second-order valence-electron chi connectivity index (χ2n) is 2.09. The summed E-state index contributed by atoms with van der Waals surface area (Å²) in [6, 6.07) is 5.90. The molecule has 4 heteroatoms. The molecule has 1 heterocycles. The maximum atomic E-state index is 5.82. The van der Waals surface area contributed by atoms with E-state index in [4.69, 9.17) is 11.6 Å². The number of hydrogen-bond donors (Lipinski definition) is 0. The number of hydrogen-bond acceptors (Lipinski definition) is 2. The smallest absolute Gasteiger partial charge is 0.150 e. The Morgan fingerprint density at radius 1 is 1.45 bits per heavy atom. The van der Waals surface area contributed by atoms with Crippen LogP contribution < -0.4 is 0 Å². The van der Waals surface area contributed by atoms with Crippen molar-refractivity contribution in [1.82, 2.24) is 4.37 Å². The third-order valence-corrected chi connectivity index (χ3v) is 3.61. The fraction of sp³-hybridized carbons (Fsp3) is 0. The number of aromatic nitrogens is 1. The molecule has 0 unspecified atom stereocenters. The van der Waals surface area contributed by atoms with Gasteiger partial charge in [0.25, 0.3) is 0 Å². The van der Waals surface area contributed by atoms with Crippen LogP contribution in [0.1, 0.15) is 0 Å². The SMILES string of the molecule is Clc1nsc2c(Br)cccc12. The first-order valence-corrected chi connectivity index (χ1v) is 4.93. The Hall–Kier alpha value is -0.120. The van der Waals surface area contributed by atoms with Crippen molar-refractivity contribution in [3.8, 4) is 0 Å². The van der Waals surface area contributed by atoms with Crippen molar-refractivity contribution in [3.63, 3.8) is 0 Å². The van der Waals surface area contributed by atoms with Gasteiger partial charge in [-0.1, -0.05) is 23.7 Å². The van der Waals surface area contributed by atoms with Crippen molar-refractivity contribution in [2.75, 3.05) is 0 Å². The van der Waals surface area contributed by atoms with Crippen molar-refractivity contribution in [3.05, 3.63) is 27.8 Å². The standard InChI is InChI=1S/C7H3BrClNS/c8-5-3-1-2-4-6(5)11-10-7(4)9/h1-3H. The lowest BCUT2D eigenvalue weighted by Crippen LogP contribution is -1.64. The zero-order valence-corrected chi connectivity index (χ0v) is 8.50.